The fourth-order valence-electron chi connectivity index (χ4n) is 5.00. The lowest BCUT2D eigenvalue weighted by atomic mass is 10.0. The van der Waals surface area contributed by atoms with Crippen LogP contribution < -0.4 is 9.47 Å². The number of hydrogen-bond donors (Lipinski definition) is 0. The number of carbonyl (C=O) groups is 2. The van der Waals surface area contributed by atoms with Crippen molar-refractivity contribution in [1.82, 2.24) is 14.8 Å². The van der Waals surface area contributed by atoms with Crippen molar-refractivity contribution >= 4 is 11.8 Å². The first-order valence-electron chi connectivity index (χ1n) is 14.0. The highest BCUT2D eigenvalue weighted by atomic mass is 16.5. The Bertz CT molecular complexity index is 1240. The number of rotatable bonds is 7. The van der Waals surface area contributed by atoms with Gasteiger partial charge in [0.2, 0.25) is 5.88 Å². The number of para-hydroxylation sites is 1. The normalized spacial score (nSPS) is 16.9. The number of amides is 2. The minimum Gasteiger partial charge on any atom is -0.491 e. The van der Waals surface area contributed by atoms with Crippen LogP contribution in [-0.4, -0.2) is 79.7 Å². The van der Waals surface area contributed by atoms with E-state index in [1.807, 2.05) is 52.3 Å². The van der Waals surface area contributed by atoms with Crippen molar-refractivity contribution in [2.24, 2.45) is 0 Å². The van der Waals surface area contributed by atoms with Crippen molar-refractivity contribution < 1.29 is 23.8 Å². The molecule has 2 heterocycles. The van der Waals surface area contributed by atoms with Gasteiger partial charge in [0.1, 0.15) is 12.4 Å². The molecule has 1 aliphatic rings. The van der Waals surface area contributed by atoms with Gasteiger partial charge in [-0.15, -0.1) is 0 Å². The second-order valence-corrected chi connectivity index (χ2v) is 9.94. The summed E-state index contributed by atoms with van der Waals surface area (Å²) in [6, 6.07) is 20.6. The third-order valence-electron chi connectivity index (χ3n) is 7.19. The molecule has 8 nitrogen and oxygen atoms in total. The highest BCUT2D eigenvalue weighted by Gasteiger charge is 2.28. The van der Waals surface area contributed by atoms with E-state index in [4.69, 9.17) is 14.2 Å². The molecule has 0 aliphatic carbocycles. The number of ether oxygens (including phenoxy) is 3. The molecule has 1 atom stereocenters. The summed E-state index contributed by atoms with van der Waals surface area (Å²) in [5, 5.41) is 0. The van der Waals surface area contributed by atoms with Gasteiger partial charge in [0.05, 0.1) is 25.3 Å². The van der Waals surface area contributed by atoms with Crippen LogP contribution in [0.1, 0.15) is 52.0 Å². The first-order valence-corrected chi connectivity index (χ1v) is 14.0. The maximum Gasteiger partial charge on any atom is 0.257 e. The lowest BCUT2D eigenvalue weighted by Crippen LogP contribution is -2.46. The third-order valence-corrected chi connectivity index (χ3v) is 7.19. The molecule has 0 bridgehead atoms. The zero-order valence-corrected chi connectivity index (χ0v) is 23.5. The Hall–Kier alpha value is -3.91. The van der Waals surface area contributed by atoms with Crippen molar-refractivity contribution in [3.63, 3.8) is 0 Å². The van der Waals surface area contributed by atoms with Crippen molar-refractivity contribution in [2.75, 3.05) is 47.1 Å². The molecule has 212 valence electrons. The summed E-state index contributed by atoms with van der Waals surface area (Å²) in [6.45, 7) is 2.49. The van der Waals surface area contributed by atoms with E-state index >= 15 is 0 Å². The van der Waals surface area contributed by atoms with Gasteiger partial charge in [0, 0.05) is 44.6 Å². The first kappa shape index (κ1) is 29.1. The molecule has 1 aliphatic heterocycles. The molecule has 3 aromatic rings. The predicted molar refractivity (Wildman–Crippen MR) is 154 cm³/mol. The topological polar surface area (TPSA) is 81.2 Å². The smallest absolute Gasteiger partial charge is 0.257 e. The Balaban J connectivity index is 1.68. The molecule has 1 aromatic heterocycles. The van der Waals surface area contributed by atoms with Crippen LogP contribution in [-0.2, 0) is 11.2 Å². The third kappa shape index (κ3) is 7.82. The van der Waals surface area contributed by atoms with Gasteiger partial charge in [-0.3, -0.25) is 9.59 Å². The monoisotopic (exact) mass is 545 g/mol. The van der Waals surface area contributed by atoms with Crippen LogP contribution in [0.2, 0.25) is 0 Å². The standard InChI is InChI=1S/C32H39N3O5/c1-38-21-20-34-18-10-3-4-11-19-35(31(36)26-16-17-33-30(23-26)39-2)27(22-25-12-6-5-7-13-25)24-40-29-15-9-8-14-28(29)32(34)37/h5-9,12-17,23,27H,3-4,10-11,18-22,24H2,1-2H3/t27-/m0/s1. The van der Waals surface area contributed by atoms with Gasteiger partial charge in [-0.25, -0.2) is 4.98 Å². The largest absolute Gasteiger partial charge is 0.491 e. The van der Waals surface area contributed by atoms with Gasteiger partial charge in [0.15, 0.2) is 0 Å². The zero-order chi connectivity index (χ0) is 28.2. The highest BCUT2D eigenvalue weighted by Crippen LogP contribution is 2.24. The Morgan fingerprint density at radius 1 is 0.975 bits per heavy atom. The van der Waals surface area contributed by atoms with Crippen LogP contribution >= 0.6 is 0 Å². The lowest BCUT2D eigenvalue weighted by molar-refractivity contribution is 0.0591. The van der Waals surface area contributed by atoms with E-state index in [9.17, 15) is 9.59 Å². The van der Waals surface area contributed by atoms with Crippen LogP contribution in [0.15, 0.2) is 72.9 Å². The SMILES string of the molecule is COCCN1CCCCCCN(C(=O)c2ccnc(OC)c2)[C@@H](Cc2ccccc2)COc2ccccc2C1=O. The van der Waals surface area contributed by atoms with E-state index < -0.39 is 0 Å². The molecule has 2 aromatic carbocycles. The molecule has 2 amide bonds. The number of pyridine rings is 1. The number of benzene rings is 2. The van der Waals surface area contributed by atoms with Crippen molar-refractivity contribution in [1.29, 1.82) is 0 Å². The summed E-state index contributed by atoms with van der Waals surface area (Å²) in [7, 11) is 3.19. The van der Waals surface area contributed by atoms with Gasteiger partial charge >= 0.3 is 0 Å². The minimum absolute atomic E-state index is 0.0684. The molecular weight excluding hydrogens is 506 g/mol. The van der Waals surface area contributed by atoms with E-state index in [2.05, 4.69) is 17.1 Å². The number of nitrogens with zero attached hydrogens (tertiary/aromatic N) is 3. The molecule has 0 saturated carbocycles. The van der Waals surface area contributed by atoms with E-state index in [0.29, 0.717) is 55.4 Å². The Morgan fingerprint density at radius 2 is 1.73 bits per heavy atom. The number of methoxy groups -OCH3 is 2. The fourth-order valence-corrected chi connectivity index (χ4v) is 5.00. The van der Waals surface area contributed by atoms with Gasteiger partial charge in [-0.1, -0.05) is 55.3 Å². The van der Waals surface area contributed by atoms with Crippen LogP contribution in [0, 0.1) is 0 Å². The summed E-state index contributed by atoms with van der Waals surface area (Å²) in [4.78, 5) is 35.5. The van der Waals surface area contributed by atoms with Gasteiger partial charge < -0.3 is 24.0 Å². The fraction of sp³-hybridized carbons (Fsp3) is 0.406. The maximum atomic E-state index is 14.0. The Morgan fingerprint density at radius 3 is 2.50 bits per heavy atom. The molecule has 0 fully saturated rings. The molecular formula is C32H39N3O5. The summed E-state index contributed by atoms with van der Waals surface area (Å²) >= 11 is 0. The first-order chi connectivity index (χ1) is 19.6. The number of aromatic nitrogens is 1. The van der Waals surface area contributed by atoms with Crippen molar-refractivity contribution in [3.8, 4) is 11.6 Å². The lowest BCUT2D eigenvalue weighted by Gasteiger charge is -2.33. The predicted octanol–water partition coefficient (Wildman–Crippen LogP) is 4.89. The molecule has 0 spiro atoms. The highest BCUT2D eigenvalue weighted by molar-refractivity contribution is 5.97. The molecule has 40 heavy (non-hydrogen) atoms. The van der Waals surface area contributed by atoms with Crippen LogP contribution in [0.3, 0.4) is 0 Å². The van der Waals surface area contributed by atoms with E-state index in [1.54, 1.807) is 32.5 Å². The van der Waals surface area contributed by atoms with Crippen LogP contribution in [0.5, 0.6) is 11.6 Å². The molecule has 0 radical (unpaired) electrons. The Labute approximate surface area is 236 Å². The van der Waals surface area contributed by atoms with Crippen LogP contribution in [0.4, 0.5) is 0 Å². The number of carbonyl (C=O) groups excluding carboxylic acids is 2. The molecule has 0 N–H and O–H groups in total. The van der Waals surface area contributed by atoms with Crippen molar-refractivity contribution in [2.45, 2.75) is 38.1 Å². The summed E-state index contributed by atoms with van der Waals surface area (Å²) < 4.78 is 16.9. The second-order valence-electron chi connectivity index (χ2n) is 9.94. The minimum atomic E-state index is -0.259. The molecule has 8 heteroatoms. The Kier molecular flexibility index (Phi) is 10.9. The van der Waals surface area contributed by atoms with Crippen LogP contribution in [0.25, 0.3) is 0 Å². The molecule has 4 rings (SSSR count). The van der Waals surface area contributed by atoms with Gasteiger partial charge in [-0.2, -0.15) is 0 Å². The second kappa shape index (κ2) is 15.0. The quantitative estimate of drug-likeness (QED) is 0.421. The van der Waals surface area contributed by atoms with Crippen molar-refractivity contribution in [3.05, 3.63) is 89.6 Å². The average Bonchev–Trinajstić information content (AvgIpc) is 3.00. The van der Waals surface area contributed by atoms with E-state index in [0.717, 1.165) is 31.2 Å². The summed E-state index contributed by atoms with van der Waals surface area (Å²) in [5.74, 6) is 0.755. The molecule has 0 saturated heterocycles. The average molecular weight is 546 g/mol. The van der Waals surface area contributed by atoms with Gasteiger partial charge in [0.25, 0.3) is 11.8 Å². The van der Waals surface area contributed by atoms with E-state index in [-0.39, 0.29) is 24.5 Å². The summed E-state index contributed by atoms with van der Waals surface area (Å²) in [6.07, 6.45) is 5.85. The molecule has 0 unspecified atom stereocenters. The van der Waals surface area contributed by atoms with E-state index in [1.165, 1.54) is 0 Å². The summed E-state index contributed by atoms with van der Waals surface area (Å²) in [5.41, 5.74) is 2.15. The number of hydrogen-bond acceptors (Lipinski definition) is 6. The maximum absolute atomic E-state index is 14.0. The zero-order valence-electron chi connectivity index (χ0n) is 23.5. The van der Waals surface area contributed by atoms with Gasteiger partial charge in [-0.05, 0) is 43.0 Å². The number of fused-ring (bicyclic) bond motifs is 1.